The number of anilines is 1. The second-order valence-electron chi connectivity index (χ2n) is 6.69. The van der Waals surface area contributed by atoms with Crippen LogP contribution in [0.15, 0.2) is 30.3 Å². The Bertz CT molecular complexity index is 717. The number of ether oxygens (including phenoxy) is 1. The van der Waals surface area contributed by atoms with Gasteiger partial charge in [0.05, 0.1) is 6.54 Å². The summed E-state index contributed by atoms with van der Waals surface area (Å²) in [6.45, 7) is 3.93. The number of amides is 1. The first-order chi connectivity index (χ1) is 10.7. The van der Waals surface area contributed by atoms with Crippen LogP contribution in [-0.2, 0) is 4.74 Å². The van der Waals surface area contributed by atoms with Gasteiger partial charge in [0.2, 0.25) is 0 Å². The average Bonchev–Trinajstić information content (AvgIpc) is 3.09. The van der Waals surface area contributed by atoms with E-state index in [-0.39, 0.29) is 11.7 Å². The zero-order chi connectivity index (χ0) is 14.7. The van der Waals surface area contributed by atoms with E-state index in [1.807, 2.05) is 17.0 Å². The lowest BCUT2D eigenvalue weighted by atomic mass is 9.75. The Morgan fingerprint density at radius 3 is 2.73 bits per heavy atom. The van der Waals surface area contributed by atoms with E-state index in [0.717, 1.165) is 37.5 Å². The standard InChI is InChI=1S/C17H18N2O2S/c20-16-19(15-9-12-3-1-2-4-14(12)22-15)11-17(21-16)10-18-7-5-13(17)6-8-18/h1-4,9,13H,5-8,10-11H2/t17-/m0/s1. The molecule has 4 nitrogen and oxygen atoms in total. The third-order valence-electron chi connectivity index (χ3n) is 5.44. The van der Waals surface area contributed by atoms with Crippen LogP contribution < -0.4 is 4.90 Å². The van der Waals surface area contributed by atoms with Crippen LogP contribution >= 0.6 is 11.3 Å². The zero-order valence-electron chi connectivity index (χ0n) is 12.3. The SMILES string of the molecule is O=C1O[C@@]2(CN3CCC2CC3)CN1c1cc2ccccc2s1. The average molecular weight is 314 g/mol. The number of fused-ring (bicyclic) bond motifs is 3. The Morgan fingerprint density at radius 2 is 2.00 bits per heavy atom. The van der Waals surface area contributed by atoms with Crippen LogP contribution in [0.4, 0.5) is 9.80 Å². The quantitative estimate of drug-likeness (QED) is 0.809. The number of rotatable bonds is 1. The molecule has 0 aliphatic carbocycles. The lowest BCUT2D eigenvalue weighted by molar-refractivity contribution is -0.0881. The summed E-state index contributed by atoms with van der Waals surface area (Å²) in [6, 6.07) is 10.4. The largest absolute Gasteiger partial charge is 0.439 e. The maximum atomic E-state index is 12.5. The third-order valence-corrected chi connectivity index (χ3v) is 6.58. The van der Waals surface area contributed by atoms with Crippen molar-refractivity contribution in [2.45, 2.75) is 18.4 Å². The Kier molecular flexibility index (Phi) is 2.62. The summed E-state index contributed by atoms with van der Waals surface area (Å²) in [5.41, 5.74) is -0.274. The maximum absolute atomic E-state index is 12.5. The number of nitrogens with zero attached hydrogens (tertiary/aromatic N) is 2. The van der Waals surface area contributed by atoms with Crippen LogP contribution in [0, 0.1) is 5.92 Å². The Morgan fingerprint density at radius 1 is 1.18 bits per heavy atom. The first-order valence-corrected chi connectivity index (χ1v) is 8.77. The van der Waals surface area contributed by atoms with Gasteiger partial charge in [-0.25, -0.2) is 4.79 Å². The predicted molar refractivity (Wildman–Crippen MR) is 87.5 cm³/mol. The minimum absolute atomic E-state index is 0.166. The number of piperidine rings is 3. The summed E-state index contributed by atoms with van der Waals surface area (Å²) in [5.74, 6) is 0.529. The van der Waals surface area contributed by atoms with E-state index in [0.29, 0.717) is 12.5 Å². The van der Waals surface area contributed by atoms with E-state index < -0.39 is 0 Å². The van der Waals surface area contributed by atoms with Crippen molar-refractivity contribution in [3.8, 4) is 0 Å². The van der Waals surface area contributed by atoms with E-state index in [9.17, 15) is 4.79 Å². The lowest BCUT2D eigenvalue weighted by Gasteiger charge is -2.49. The first kappa shape index (κ1) is 12.9. The van der Waals surface area contributed by atoms with Crippen LogP contribution in [0.25, 0.3) is 10.1 Å². The van der Waals surface area contributed by atoms with Gasteiger partial charge in [-0.15, -0.1) is 11.3 Å². The molecule has 0 N–H and O–H groups in total. The molecule has 0 saturated carbocycles. The molecule has 1 amide bonds. The molecule has 1 aromatic carbocycles. The topological polar surface area (TPSA) is 32.8 Å². The van der Waals surface area contributed by atoms with Crippen LogP contribution in [-0.4, -0.2) is 42.8 Å². The minimum atomic E-state index is -0.274. The summed E-state index contributed by atoms with van der Waals surface area (Å²) in [5, 5.41) is 2.21. The highest BCUT2D eigenvalue weighted by molar-refractivity contribution is 7.23. The molecule has 6 rings (SSSR count). The summed E-state index contributed by atoms with van der Waals surface area (Å²) in [6.07, 6.45) is 2.15. The predicted octanol–water partition coefficient (Wildman–Crippen LogP) is 3.32. The van der Waals surface area contributed by atoms with Gasteiger partial charge in [-0.3, -0.25) is 9.80 Å². The van der Waals surface area contributed by atoms with Gasteiger partial charge in [-0.2, -0.15) is 0 Å². The van der Waals surface area contributed by atoms with Gasteiger partial charge >= 0.3 is 6.09 Å². The van der Waals surface area contributed by atoms with Gasteiger partial charge in [0.1, 0.15) is 10.6 Å². The number of carbonyl (C=O) groups excluding carboxylic acids is 1. The normalized spacial score (nSPS) is 33.8. The summed E-state index contributed by atoms with van der Waals surface area (Å²) in [4.78, 5) is 16.8. The number of hydrogen-bond donors (Lipinski definition) is 0. The van der Waals surface area contributed by atoms with Crippen molar-refractivity contribution < 1.29 is 9.53 Å². The van der Waals surface area contributed by atoms with E-state index in [1.54, 1.807) is 11.3 Å². The number of benzene rings is 1. The Labute approximate surface area is 133 Å². The molecule has 2 bridgehead atoms. The monoisotopic (exact) mass is 314 g/mol. The molecule has 5 heteroatoms. The van der Waals surface area contributed by atoms with Crippen molar-refractivity contribution in [2.75, 3.05) is 31.1 Å². The molecule has 2 aromatic rings. The molecule has 4 fully saturated rings. The van der Waals surface area contributed by atoms with Crippen molar-refractivity contribution >= 4 is 32.5 Å². The second-order valence-corrected chi connectivity index (χ2v) is 7.75. The lowest BCUT2D eigenvalue weighted by Crippen LogP contribution is -2.61. The molecule has 4 saturated heterocycles. The van der Waals surface area contributed by atoms with Crippen molar-refractivity contribution in [1.29, 1.82) is 0 Å². The van der Waals surface area contributed by atoms with Crippen LogP contribution in [0.5, 0.6) is 0 Å². The van der Waals surface area contributed by atoms with E-state index in [4.69, 9.17) is 4.74 Å². The molecule has 114 valence electrons. The fourth-order valence-corrected chi connectivity index (χ4v) is 5.33. The van der Waals surface area contributed by atoms with Crippen LogP contribution in [0.3, 0.4) is 0 Å². The van der Waals surface area contributed by atoms with Gasteiger partial charge < -0.3 is 4.74 Å². The number of carbonyl (C=O) groups is 1. The smallest absolute Gasteiger partial charge is 0.415 e. The zero-order valence-corrected chi connectivity index (χ0v) is 13.1. The molecule has 0 unspecified atom stereocenters. The molecule has 5 heterocycles. The van der Waals surface area contributed by atoms with Crippen LogP contribution in [0.2, 0.25) is 0 Å². The fourth-order valence-electron chi connectivity index (χ4n) is 4.28. The molecular formula is C17H18N2O2S. The van der Waals surface area contributed by atoms with E-state index in [2.05, 4.69) is 23.1 Å². The van der Waals surface area contributed by atoms with Gasteiger partial charge in [-0.1, -0.05) is 18.2 Å². The van der Waals surface area contributed by atoms with E-state index >= 15 is 0 Å². The Hall–Kier alpha value is -1.59. The van der Waals surface area contributed by atoms with Crippen molar-refractivity contribution in [1.82, 2.24) is 4.90 Å². The molecule has 4 aliphatic heterocycles. The summed E-state index contributed by atoms with van der Waals surface area (Å²) >= 11 is 1.68. The third kappa shape index (κ3) is 1.75. The fraction of sp³-hybridized carbons (Fsp3) is 0.471. The van der Waals surface area contributed by atoms with Gasteiger partial charge in [0, 0.05) is 17.2 Å². The molecule has 1 spiro atoms. The van der Waals surface area contributed by atoms with Gasteiger partial charge in [0.25, 0.3) is 0 Å². The molecule has 0 radical (unpaired) electrons. The maximum Gasteiger partial charge on any atom is 0.415 e. The van der Waals surface area contributed by atoms with Gasteiger partial charge in [0.15, 0.2) is 0 Å². The van der Waals surface area contributed by atoms with Crippen LogP contribution in [0.1, 0.15) is 12.8 Å². The molecule has 4 aliphatic rings. The molecule has 22 heavy (non-hydrogen) atoms. The van der Waals surface area contributed by atoms with Gasteiger partial charge in [-0.05, 0) is 43.5 Å². The highest BCUT2D eigenvalue weighted by Crippen LogP contribution is 2.45. The molecule has 1 aromatic heterocycles. The highest BCUT2D eigenvalue weighted by atomic mass is 32.1. The van der Waals surface area contributed by atoms with Crippen molar-refractivity contribution in [3.63, 3.8) is 0 Å². The second kappa shape index (κ2) is 4.46. The molecule has 1 atom stereocenters. The Balaban J connectivity index is 1.50. The van der Waals surface area contributed by atoms with Crippen molar-refractivity contribution in [3.05, 3.63) is 30.3 Å². The summed E-state index contributed by atoms with van der Waals surface area (Å²) < 4.78 is 7.16. The number of hydrogen-bond acceptors (Lipinski definition) is 4. The highest BCUT2D eigenvalue weighted by Gasteiger charge is 2.55. The molecular weight excluding hydrogens is 296 g/mol. The van der Waals surface area contributed by atoms with E-state index in [1.165, 1.54) is 10.1 Å². The van der Waals surface area contributed by atoms with Crippen molar-refractivity contribution in [2.24, 2.45) is 5.92 Å². The minimum Gasteiger partial charge on any atom is -0.439 e. The summed E-state index contributed by atoms with van der Waals surface area (Å²) in [7, 11) is 0. The first-order valence-electron chi connectivity index (χ1n) is 7.95. The number of thiophene rings is 1.